The molecule has 12 heavy (non-hydrogen) atoms. The zero-order chi connectivity index (χ0) is 8.72. The summed E-state index contributed by atoms with van der Waals surface area (Å²) in [5.41, 5.74) is 3.13. The zero-order valence-electron chi connectivity index (χ0n) is 5.84. The lowest BCUT2D eigenvalue weighted by molar-refractivity contribution is 0.368. The minimum Gasteiger partial charge on any atom is -0.506 e. The largest absolute Gasteiger partial charge is 0.506 e. The van der Waals surface area contributed by atoms with Crippen LogP contribution in [-0.2, 0) is 4.84 Å². The van der Waals surface area contributed by atoms with Gasteiger partial charge < -0.3 is 5.11 Å². The van der Waals surface area contributed by atoms with E-state index in [1.807, 2.05) is 0 Å². The Morgan fingerprint density at radius 2 is 2.08 bits per heavy atom. The van der Waals surface area contributed by atoms with Crippen LogP contribution in [0.5, 0.6) is 5.75 Å². The van der Waals surface area contributed by atoms with Crippen molar-refractivity contribution in [3.63, 3.8) is 0 Å². The van der Waals surface area contributed by atoms with Crippen molar-refractivity contribution in [2.75, 3.05) is 0 Å². The van der Waals surface area contributed by atoms with E-state index in [9.17, 15) is 5.11 Å². The van der Waals surface area contributed by atoms with Crippen LogP contribution in [0.15, 0.2) is 12.1 Å². The Kier molecular flexibility index (Phi) is 1.88. The molecule has 2 rings (SSSR count). The maximum absolute atomic E-state index is 9.42. The number of hydrogen-bond acceptors (Lipinski definition) is 3. The number of aromatic hydroxyl groups is 1. The highest BCUT2D eigenvalue weighted by molar-refractivity contribution is 6.35. The van der Waals surface area contributed by atoms with Crippen LogP contribution in [0.2, 0.25) is 10.0 Å². The molecule has 1 saturated heterocycles. The summed E-state index contributed by atoms with van der Waals surface area (Å²) in [7, 11) is 0. The highest BCUT2D eigenvalue weighted by Gasteiger charge is 2.28. The first-order valence-corrected chi connectivity index (χ1v) is 4.03. The molecule has 0 spiro atoms. The van der Waals surface area contributed by atoms with Crippen molar-refractivity contribution in [3.05, 3.63) is 27.7 Å². The van der Waals surface area contributed by atoms with Crippen molar-refractivity contribution in [3.8, 4) is 5.75 Å². The third-order valence-corrected chi connectivity index (χ3v) is 2.08. The number of nitrogens with one attached hydrogen (secondary N) is 1. The topological polar surface area (TPSA) is 54.7 Å². The molecule has 3 nitrogen and oxygen atoms in total. The SMILES string of the molecule is Oc1c(Cl)cc(Cl)cc1C1NO1. The molecule has 0 radical (unpaired) electrons. The monoisotopic (exact) mass is 205 g/mol. The fourth-order valence-corrected chi connectivity index (χ4v) is 1.46. The van der Waals surface area contributed by atoms with Crippen molar-refractivity contribution in [1.82, 2.24) is 5.48 Å². The first-order valence-electron chi connectivity index (χ1n) is 3.27. The molecule has 64 valence electrons. The van der Waals surface area contributed by atoms with Crippen LogP contribution in [0, 0.1) is 0 Å². The quantitative estimate of drug-likeness (QED) is 0.692. The Morgan fingerprint density at radius 3 is 2.67 bits per heavy atom. The van der Waals surface area contributed by atoms with Gasteiger partial charge in [0.2, 0.25) is 0 Å². The maximum atomic E-state index is 9.42. The lowest BCUT2D eigenvalue weighted by Gasteiger charge is -2.02. The molecule has 0 aliphatic carbocycles. The molecule has 5 heteroatoms. The Hall–Kier alpha value is -0.480. The Labute approximate surface area is 78.8 Å². The molecule has 0 amide bonds. The van der Waals surface area contributed by atoms with Crippen LogP contribution < -0.4 is 5.48 Å². The zero-order valence-corrected chi connectivity index (χ0v) is 7.36. The van der Waals surface area contributed by atoms with E-state index < -0.39 is 0 Å². The van der Waals surface area contributed by atoms with E-state index in [2.05, 4.69) is 5.48 Å². The van der Waals surface area contributed by atoms with Crippen molar-refractivity contribution >= 4 is 23.2 Å². The van der Waals surface area contributed by atoms with Gasteiger partial charge in [-0.3, -0.25) is 4.84 Å². The number of halogens is 2. The van der Waals surface area contributed by atoms with Gasteiger partial charge in [0.15, 0.2) is 6.23 Å². The summed E-state index contributed by atoms with van der Waals surface area (Å²) in [5, 5.41) is 10.1. The maximum Gasteiger partial charge on any atom is 0.180 e. The van der Waals surface area contributed by atoms with Gasteiger partial charge in [0.05, 0.1) is 5.02 Å². The number of rotatable bonds is 1. The average Bonchev–Trinajstić information content (AvgIpc) is 2.79. The molecule has 1 aromatic rings. The third kappa shape index (κ3) is 1.36. The summed E-state index contributed by atoms with van der Waals surface area (Å²) in [6.07, 6.45) is -0.277. The predicted molar refractivity (Wildman–Crippen MR) is 45.1 cm³/mol. The smallest absolute Gasteiger partial charge is 0.180 e. The summed E-state index contributed by atoms with van der Waals surface area (Å²) in [5.74, 6) is 0.0102. The lowest BCUT2D eigenvalue weighted by Crippen LogP contribution is -1.86. The number of hydrogen-bond donors (Lipinski definition) is 2. The third-order valence-electron chi connectivity index (χ3n) is 1.58. The first kappa shape index (κ1) is 8.13. The Morgan fingerprint density at radius 1 is 1.42 bits per heavy atom. The lowest BCUT2D eigenvalue weighted by atomic mass is 10.2. The number of phenolic OH excluding ortho intramolecular Hbond substituents is 1. The van der Waals surface area contributed by atoms with Gasteiger partial charge in [0.1, 0.15) is 5.75 Å². The molecule has 1 aliphatic heterocycles. The van der Waals surface area contributed by atoms with Gasteiger partial charge in [0, 0.05) is 10.6 Å². The van der Waals surface area contributed by atoms with Crippen LogP contribution in [0.3, 0.4) is 0 Å². The fraction of sp³-hybridized carbons (Fsp3) is 0.143. The van der Waals surface area contributed by atoms with Crippen molar-refractivity contribution in [2.24, 2.45) is 0 Å². The number of benzene rings is 1. The molecule has 2 N–H and O–H groups in total. The summed E-state index contributed by atoms with van der Waals surface area (Å²) in [6, 6.07) is 3.08. The molecule has 1 aliphatic rings. The standard InChI is InChI=1S/C7H5Cl2NO2/c8-3-1-4(7-10-12-7)6(11)5(9)2-3/h1-2,7,10-11H. The first-order chi connectivity index (χ1) is 5.68. The van der Waals surface area contributed by atoms with Gasteiger partial charge in [-0.2, -0.15) is 5.48 Å². The highest BCUT2D eigenvalue weighted by atomic mass is 35.5. The van der Waals surface area contributed by atoms with E-state index in [1.54, 1.807) is 6.07 Å². The number of phenols is 1. The van der Waals surface area contributed by atoms with Crippen LogP contribution in [0.1, 0.15) is 11.8 Å². The van der Waals surface area contributed by atoms with Crippen LogP contribution >= 0.6 is 23.2 Å². The van der Waals surface area contributed by atoms with Crippen LogP contribution in [0.4, 0.5) is 0 Å². The van der Waals surface area contributed by atoms with E-state index in [-0.39, 0.29) is 17.0 Å². The van der Waals surface area contributed by atoms with Crippen LogP contribution in [-0.4, -0.2) is 5.11 Å². The van der Waals surface area contributed by atoms with Gasteiger partial charge in [-0.1, -0.05) is 23.2 Å². The fourth-order valence-electron chi connectivity index (χ4n) is 0.947. The Bertz CT molecular complexity index is 325. The van der Waals surface area contributed by atoms with Gasteiger partial charge in [-0.15, -0.1) is 0 Å². The van der Waals surface area contributed by atoms with Gasteiger partial charge in [-0.25, -0.2) is 0 Å². The van der Waals surface area contributed by atoms with E-state index in [1.165, 1.54) is 6.07 Å². The Balaban J connectivity index is 2.51. The minimum atomic E-state index is -0.277. The molecule has 1 fully saturated rings. The minimum absolute atomic E-state index is 0.0102. The second kappa shape index (κ2) is 2.78. The highest BCUT2D eigenvalue weighted by Crippen LogP contribution is 2.38. The van der Waals surface area contributed by atoms with Crippen molar-refractivity contribution in [1.29, 1.82) is 0 Å². The average molecular weight is 206 g/mol. The molecule has 0 saturated carbocycles. The predicted octanol–water partition coefficient (Wildman–Crippen LogP) is 2.23. The summed E-state index contributed by atoms with van der Waals surface area (Å²) < 4.78 is 0. The molecule has 1 heterocycles. The van der Waals surface area contributed by atoms with E-state index in [0.29, 0.717) is 10.6 Å². The summed E-state index contributed by atoms with van der Waals surface area (Å²) in [6.45, 7) is 0. The van der Waals surface area contributed by atoms with Crippen molar-refractivity contribution < 1.29 is 9.94 Å². The second-order valence-electron chi connectivity index (χ2n) is 2.44. The second-order valence-corrected chi connectivity index (χ2v) is 3.28. The van der Waals surface area contributed by atoms with Crippen LogP contribution in [0.25, 0.3) is 0 Å². The van der Waals surface area contributed by atoms with Gasteiger partial charge in [0.25, 0.3) is 0 Å². The van der Waals surface area contributed by atoms with Crippen molar-refractivity contribution in [2.45, 2.75) is 6.23 Å². The van der Waals surface area contributed by atoms with Gasteiger partial charge >= 0.3 is 0 Å². The molecule has 0 bridgehead atoms. The molecule has 0 aromatic heterocycles. The molecule has 1 unspecified atom stereocenters. The summed E-state index contributed by atoms with van der Waals surface area (Å²) >= 11 is 11.4. The molecular formula is C7H5Cl2NO2. The molecule has 1 atom stereocenters. The van der Waals surface area contributed by atoms with Gasteiger partial charge in [-0.05, 0) is 12.1 Å². The summed E-state index contributed by atoms with van der Waals surface area (Å²) in [4.78, 5) is 4.76. The normalized spacial score (nSPS) is 21.0. The number of hydroxylamine groups is 1. The molecule has 1 aromatic carbocycles. The molecular weight excluding hydrogens is 201 g/mol. The van der Waals surface area contributed by atoms with E-state index in [0.717, 1.165) is 0 Å². The van der Waals surface area contributed by atoms with E-state index >= 15 is 0 Å². The van der Waals surface area contributed by atoms with E-state index in [4.69, 9.17) is 28.0 Å².